The van der Waals surface area contributed by atoms with E-state index in [-0.39, 0.29) is 11.8 Å². The van der Waals surface area contributed by atoms with E-state index in [2.05, 4.69) is 5.32 Å². The standard InChI is InChI=1S/C11H14N2O2/c1-2-9(10(14)13-11(12)15)8-6-4-3-5-7-8/h3-7,9H,2H2,1H3,(H3,12,13,14,15)/t9-/m1/s1. The first-order chi connectivity index (χ1) is 7.15. The summed E-state index contributed by atoms with van der Waals surface area (Å²) in [6.45, 7) is 1.89. The van der Waals surface area contributed by atoms with Gasteiger partial charge in [-0.1, -0.05) is 37.3 Å². The van der Waals surface area contributed by atoms with Gasteiger partial charge in [-0.3, -0.25) is 10.1 Å². The van der Waals surface area contributed by atoms with Gasteiger partial charge in [0.15, 0.2) is 0 Å². The third-order valence-corrected chi connectivity index (χ3v) is 2.17. The molecule has 0 fully saturated rings. The van der Waals surface area contributed by atoms with E-state index in [4.69, 9.17) is 5.73 Å². The molecule has 1 atom stereocenters. The van der Waals surface area contributed by atoms with Crippen molar-refractivity contribution >= 4 is 11.9 Å². The number of hydrogen-bond acceptors (Lipinski definition) is 2. The Kier molecular flexibility index (Phi) is 3.85. The lowest BCUT2D eigenvalue weighted by molar-refractivity contribution is -0.121. The highest BCUT2D eigenvalue weighted by Crippen LogP contribution is 2.18. The molecule has 0 saturated heterocycles. The van der Waals surface area contributed by atoms with Crippen molar-refractivity contribution in [1.29, 1.82) is 0 Å². The molecule has 1 aromatic rings. The van der Waals surface area contributed by atoms with E-state index < -0.39 is 6.03 Å². The summed E-state index contributed by atoms with van der Waals surface area (Å²) in [6.07, 6.45) is 0.628. The molecule has 1 rings (SSSR count). The van der Waals surface area contributed by atoms with Gasteiger partial charge >= 0.3 is 6.03 Å². The molecule has 15 heavy (non-hydrogen) atoms. The van der Waals surface area contributed by atoms with Gasteiger partial charge in [-0.05, 0) is 12.0 Å². The molecule has 80 valence electrons. The summed E-state index contributed by atoms with van der Waals surface area (Å²) in [7, 11) is 0. The van der Waals surface area contributed by atoms with Crippen LogP contribution in [0.4, 0.5) is 4.79 Å². The topological polar surface area (TPSA) is 72.2 Å². The van der Waals surface area contributed by atoms with E-state index in [0.717, 1.165) is 5.56 Å². The molecule has 0 bridgehead atoms. The molecule has 0 aromatic heterocycles. The minimum absolute atomic E-state index is 0.321. The van der Waals surface area contributed by atoms with E-state index in [1.807, 2.05) is 37.3 Å². The Balaban J connectivity index is 2.80. The number of nitrogens with one attached hydrogen (secondary N) is 1. The Hall–Kier alpha value is -1.84. The second-order valence-corrected chi connectivity index (χ2v) is 3.23. The normalized spacial score (nSPS) is 11.8. The molecule has 0 saturated carbocycles. The molecular weight excluding hydrogens is 192 g/mol. The first kappa shape index (κ1) is 11.2. The number of carbonyl (C=O) groups is 2. The Morgan fingerprint density at radius 2 is 1.93 bits per heavy atom. The largest absolute Gasteiger partial charge is 0.351 e. The lowest BCUT2D eigenvalue weighted by Gasteiger charge is -2.13. The van der Waals surface area contributed by atoms with Crippen LogP contribution in [0.25, 0.3) is 0 Å². The SMILES string of the molecule is CC[C@@H](C(=O)NC(N)=O)c1ccccc1. The first-order valence-corrected chi connectivity index (χ1v) is 4.80. The Bertz CT molecular complexity index is 349. The van der Waals surface area contributed by atoms with Crippen LogP contribution in [0.2, 0.25) is 0 Å². The van der Waals surface area contributed by atoms with E-state index in [0.29, 0.717) is 6.42 Å². The molecule has 3 N–H and O–H groups in total. The fourth-order valence-electron chi connectivity index (χ4n) is 1.47. The van der Waals surface area contributed by atoms with Crippen molar-refractivity contribution in [1.82, 2.24) is 5.32 Å². The van der Waals surface area contributed by atoms with E-state index in [1.54, 1.807) is 0 Å². The average molecular weight is 206 g/mol. The Labute approximate surface area is 88.5 Å². The zero-order valence-electron chi connectivity index (χ0n) is 8.57. The molecule has 0 aliphatic carbocycles. The van der Waals surface area contributed by atoms with Crippen LogP contribution in [-0.4, -0.2) is 11.9 Å². The van der Waals surface area contributed by atoms with E-state index in [1.165, 1.54) is 0 Å². The molecular formula is C11H14N2O2. The summed E-state index contributed by atoms with van der Waals surface area (Å²) in [6, 6.07) is 8.49. The Morgan fingerprint density at radius 1 is 1.33 bits per heavy atom. The van der Waals surface area contributed by atoms with Gasteiger partial charge in [0.1, 0.15) is 0 Å². The monoisotopic (exact) mass is 206 g/mol. The number of amides is 3. The van der Waals surface area contributed by atoms with Crippen molar-refractivity contribution in [3.8, 4) is 0 Å². The summed E-state index contributed by atoms with van der Waals surface area (Å²) in [5, 5.41) is 2.09. The van der Waals surface area contributed by atoms with Gasteiger partial charge in [0, 0.05) is 0 Å². The minimum atomic E-state index is -0.811. The van der Waals surface area contributed by atoms with E-state index >= 15 is 0 Å². The first-order valence-electron chi connectivity index (χ1n) is 4.80. The van der Waals surface area contributed by atoms with Crippen LogP contribution in [0.1, 0.15) is 24.8 Å². The van der Waals surface area contributed by atoms with Crippen LogP contribution in [-0.2, 0) is 4.79 Å². The van der Waals surface area contributed by atoms with Crippen LogP contribution in [0, 0.1) is 0 Å². The number of imide groups is 1. The van der Waals surface area contributed by atoms with Crippen molar-refractivity contribution < 1.29 is 9.59 Å². The van der Waals surface area contributed by atoms with Gasteiger partial charge in [-0.2, -0.15) is 0 Å². The average Bonchev–Trinajstić information content (AvgIpc) is 2.19. The highest BCUT2D eigenvalue weighted by molar-refractivity contribution is 5.96. The number of primary amides is 1. The van der Waals surface area contributed by atoms with Crippen molar-refractivity contribution in [3.63, 3.8) is 0 Å². The third-order valence-electron chi connectivity index (χ3n) is 2.17. The summed E-state index contributed by atoms with van der Waals surface area (Å²) in [5.74, 6) is -0.671. The smallest absolute Gasteiger partial charge is 0.318 e. The van der Waals surface area contributed by atoms with Gasteiger partial charge in [0.2, 0.25) is 5.91 Å². The summed E-state index contributed by atoms with van der Waals surface area (Å²) in [4.78, 5) is 22.1. The highest BCUT2D eigenvalue weighted by Gasteiger charge is 2.19. The molecule has 0 heterocycles. The molecule has 0 radical (unpaired) electrons. The van der Waals surface area contributed by atoms with Crippen LogP contribution < -0.4 is 11.1 Å². The fourth-order valence-corrected chi connectivity index (χ4v) is 1.47. The molecule has 0 aliphatic heterocycles. The van der Waals surface area contributed by atoms with Crippen LogP contribution in [0.3, 0.4) is 0 Å². The molecule has 4 nitrogen and oxygen atoms in total. The summed E-state index contributed by atoms with van der Waals surface area (Å²) < 4.78 is 0. The zero-order valence-corrected chi connectivity index (χ0v) is 8.57. The van der Waals surface area contributed by atoms with Gasteiger partial charge < -0.3 is 5.73 Å². The Morgan fingerprint density at radius 3 is 2.40 bits per heavy atom. The molecule has 0 unspecified atom stereocenters. The van der Waals surface area contributed by atoms with Crippen molar-refractivity contribution in [2.24, 2.45) is 5.73 Å². The summed E-state index contributed by atoms with van der Waals surface area (Å²) >= 11 is 0. The minimum Gasteiger partial charge on any atom is -0.351 e. The van der Waals surface area contributed by atoms with Gasteiger partial charge in [-0.25, -0.2) is 4.79 Å². The van der Waals surface area contributed by atoms with Crippen LogP contribution in [0.15, 0.2) is 30.3 Å². The lowest BCUT2D eigenvalue weighted by Crippen LogP contribution is -2.38. The lowest BCUT2D eigenvalue weighted by atomic mass is 9.96. The highest BCUT2D eigenvalue weighted by atomic mass is 16.2. The van der Waals surface area contributed by atoms with Gasteiger partial charge in [-0.15, -0.1) is 0 Å². The molecule has 0 aliphatic rings. The quantitative estimate of drug-likeness (QED) is 0.784. The second-order valence-electron chi connectivity index (χ2n) is 3.23. The van der Waals surface area contributed by atoms with Crippen molar-refractivity contribution in [2.75, 3.05) is 0 Å². The maximum absolute atomic E-state index is 11.6. The number of carbonyl (C=O) groups excluding carboxylic acids is 2. The van der Waals surface area contributed by atoms with Crippen molar-refractivity contribution in [3.05, 3.63) is 35.9 Å². The molecule has 3 amide bonds. The van der Waals surface area contributed by atoms with Crippen LogP contribution in [0.5, 0.6) is 0 Å². The second kappa shape index (κ2) is 5.14. The van der Waals surface area contributed by atoms with Crippen LogP contribution >= 0.6 is 0 Å². The van der Waals surface area contributed by atoms with Gasteiger partial charge in [0.05, 0.1) is 5.92 Å². The maximum Gasteiger partial charge on any atom is 0.318 e. The third kappa shape index (κ3) is 3.09. The number of urea groups is 1. The fraction of sp³-hybridized carbons (Fsp3) is 0.273. The number of hydrogen-bond donors (Lipinski definition) is 2. The number of nitrogens with two attached hydrogens (primary N) is 1. The number of benzene rings is 1. The molecule has 0 spiro atoms. The zero-order chi connectivity index (χ0) is 11.3. The molecule has 4 heteroatoms. The van der Waals surface area contributed by atoms with Gasteiger partial charge in [0.25, 0.3) is 0 Å². The predicted octanol–water partition coefficient (Wildman–Crippen LogP) is 1.38. The number of rotatable bonds is 3. The van der Waals surface area contributed by atoms with E-state index in [9.17, 15) is 9.59 Å². The summed E-state index contributed by atoms with van der Waals surface area (Å²) in [5.41, 5.74) is 5.78. The molecule has 1 aromatic carbocycles. The predicted molar refractivity (Wildman–Crippen MR) is 57.2 cm³/mol. The van der Waals surface area contributed by atoms with Crippen molar-refractivity contribution in [2.45, 2.75) is 19.3 Å². The maximum atomic E-state index is 11.6.